The van der Waals surface area contributed by atoms with Gasteiger partial charge in [0, 0.05) is 17.8 Å². The molecule has 5 heteroatoms. The molecule has 0 bridgehead atoms. The van der Waals surface area contributed by atoms with Gasteiger partial charge in [-0.2, -0.15) is 0 Å². The van der Waals surface area contributed by atoms with Crippen LogP contribution < -0.4 is 14.8 Å². The highest BCUT2D eigenvalue weighted by molar-refractivity contribution is 6.01. The number of carbonyl (C=O) groups is 1. The van der Waals surface area contributed by atoms with Gasteiger partial charge in [0.2, 0.25) is 5.91 Å². The van der Waals surface area contributed by atoms with Gasteiger partial charge >= 0.3 is 0 Å². The molecule has 1 heterocycles. The zero-order valence-corrected chi connectivity index (χ0v) is 14.1. The van der Waals surface area contributed by atoms with E-state index in [1.165, 1.54) is 6.08 Å². The Labute approximate surface area is 142 Å². The number of carbonyl (C=O) groups excluding carboxylic acids is 1. The molecule has 1 amide bonds. The summed E-state index contributed by atoms with van der Waals surface area (Å²) in [5.41, 5.74) is 0.652. The maximum atomic E-state index is 12.0. The Hall–Kier alpha value is -2.69. The zero-order chi connectivity index (χ0) is 17.2. The third kappa shape index (κ3) is 5.50. The molecule has 0 saturated heterocycles. The highest BCUT2D eigenvalue weighted by Gasteiger charge is 2.08. The van der Waals surface area contributed by atoms with E-state index in [9.17, 15) is 4.79 Å². The van der Waals surface area contributed by atoms with Crippen LogP contribution in [0, 0.1) is 0 Å². The van der Waals surface area contributed by atoms with Crippen LogP contribution in [0.5, 0.6) is 11.5 Å². The molecular weight excluding hydrogens is 306 g/mol. The van der Waals surface area contributed by atoms with Crippen molar-refractivity contribution in [1.82, 2.24) is 0 Å². The zero-order valence-electron chi connectivity index (χ0n) is 14.1. The summed E-state index contributed by atoms with van der Waals surface area (Å²) in [4.78, 5) is 12.0. The minimum atomic E-state index is -0.241. The van der Waals surface area contributed by atoms with Gasteiger partial charge in [-0.15, -0.1) is 0 Å². The Balaban J connectivity index is 2.04. The predicted molar refractivity (Wildman–Crippen MR) is 94.4 cm³/mol. The molecule has 0 unspecified atom stereocenters. The molecule has 2 aromatic rings. The van der Waals surface area contributed by atoms with Gasteiger partial charge in [-0.25, -0.2) is 0 Å². The van der Waals surface area contributed by atoms with E-state index in [0.29, 0.717) is 36.2 Å². The first kappa shape index (κ1) is 17.7. The molecule has 1 aromatic carbocycles. The van der Waals surface area contributed by atoms with E-state index in [1.54, 1.807) is 36.6 Å². The van der Waals surface area contributed by atoms with E-state index in [-0.39, 0.29) is 5.91 Å². The van der Waals surface area contributed by atoms with Crippen molar-refractivity contribution in [3.63, 3.8) is 0 Å². The van der Waals surface area contributed by atoms with Crippen LogP contribution >= 0.6 is 0 Å². The first-order valence-corrected chi connectivity index (χ1v) is 8.15. The highest BCUT2D eigenvalue weighted by Crippen LogP contribution is 2.31. The second-order valence-corrected chi connectivity index (χ2v) is 5.20. The van der Waals surface area contributed by atoms with Crippen LogP contribution in [-0.4, -0.2) is 19.1 Å². The number of hydrogen-bond acceptors (Lipinski definition) is 4. The first-order chi connectivity index (χ1) is 11.7. The van der Waals surface area contributed by atoms with Crippen molar-refractivity contribution in [3.8, 4) is 11.5 Å². The summed E-state index contributed by atoms with van der Waals surface area (Å²) in [5, 5.41) is 2.80. The summed E-state index contributed by atoms with van der Waals surface area (Å²) < 4.78 is 16.5. The number of hydrogen-bond donors (Lipinski definition) is 1. The number of furan rings is 1. The van der Waals surface area contributed by atoms with Crippen LogP contribution in [0.15, 0.2) is 47.1 Å². The third-order valence-electron chi connectivity index (χ3n) is 3.08. The number of nitrogens with one attached hydrogen (secondary N) is 1. The Kier molecular flexibility index (Phi) is 6.95. The molecule has 0 atom stereocenters. The summed E-state index contributed by atoms with van der Waals surface area (Å²) in [6.07, 6.45) is 6.42. The van der Waals surface area contributed by atoms with Gasteiger partial charge in [-0.05, 0) is 43.2 Å². The van der Waals surface area contributed by atoms with Gasteiger partial charge in [-0.1, -0.05) is 13.8 Å². The van der Waals surface area contributed by atoms with Crippen LogP contribution in [0.2, 0.25) is 0 Å². The average molecular weight is 329 g/mol. The quantitative estimate of drug-likeness (QED) is 0.688. The number of ether oxygens (including phenoxy) is 2. The molecule has 0 spiro atoms. The highest BCUT2D eigenvalue weighted by atomic mass is 16.5. The summed E-state index contributed by atoms with van der Waals surface area (Å²) in [5.74, 6) is 1.71. The molecule has 24 heavy (non-hydrogen) atoms. The van der Waals surface area contributed by atoms with Crippen LogP contribution in [0.1, 0.15) is 32.4 Å². The van der Waals surface area contributed by atoms with Gasteiger partial charge < -0.3 is 19.2 Å². The Bertz CT molecular complexity index is 662. The summed E-state index contributed by atoms with van der Waals surface area (Å²) in [7, 11) is 0. The van der Waals surface area contributed by atoms with Crippen LogP contribution in [0.25, 0.3) is 6.08 Å². The van der Waals surface area contributed by atoms with Crippen LogP contribution in [-0.2, 0) is 4.79 Å². The summed E-state index contributed by atoms with van der Waals surface area (Å²) in [6.45, 7) is 5.31. The monoisotopic (exact) mass is 329 g/mol. The second kappa shape index (κ2) is 9.45. The van der Waals surface area contributed by atoms with Crippen molar-refractivity contribution < 1.29 is 18.7 Å². The lowest BCUT2D eigenvalue weighted by molar-refractivity contribution is -0.111. The Morgan fingerprint density at radius 2 is 1.88 bits per heavy atom. The SMILES string of the molecule is CCCOc1ccc(NC(=O)C=Cc2ccco2)cc1OCCC. The number of benzene rings is 1. The standard InChI is InChI=1S/C19H23NO4/c1-3-11-23-17-9-7-15(14-18(17)24-12-4-2)20-19(21)10-8-16-6-5-13-22-16/h5-10,13-14H,3-4,11-12H2,1-2H3,(H,20,21). The maximum Gasteiger partial charge on any atom is 0.248 e. The molecule has 0 fully saturated rings. The van der Waals surface area contributed by atoms with E-state index in [1.807, 2.05) is 19.9 Å². The van der Waals surface area contributed by atoms with Gasteiger partial charge in [0.05, 0.1) is 19.5 Å². The van der Waals surface area contributed by atoms with Crippen molar-refractivity contribution in [3.05, 3.63) is 48.4 Å². The van der Waals surface area contributed by atoms with Crippen molar-refractivity contribution in [2.75, 3.05) is 18.5 Å². The fourth-order valence-corrected chi connectivity index (χ4v) is 1.97. The molecule has 5 nitrogen and oxygen atoms in total. The molecule has 0 aliphatic carbocycles. The molecule has 128 valence electrons. The topological polar surface area (TPSA) is 60.7 Å². The second-order valence-electron chi connectivity index (χ2n) is 5.20. The molecule has 0 aliphatic rings. The summed E-state index contributed by atoms with van der Waals surface area (Å²) >= 11 is 0. The molecule has 2 rings (SSSR count). The van der Waals surface area contributed by atoms with Crippen LogP contribution in [0.4, 0.5) is 5.69 Å². The number of amides is 1. The van der Waals surface area contributed by atoms with E-state index < -0.39 is 0 Å². The normalized spacial score (nSPS) is 10.8. The average Bonchev–Trinajstić information content (AvgIpc) is 3.11. The third-order valence-corrected chi connectivity index (χ3v) is 3.08. The maximum absolute atomic E-state index is 12.0. The molecule has 1 N–H and O–H groups in total. The van der Waals surface area contributed by atoms with Gasteiger partial charge in [0.15, 0.2) is 11.5 Å². The lowest BCUT2D eigenvalue weighted by Gasteiger charge is -2.13. The van der Waals surface area contributed by atoms with Gasteiger partial charge in [0.1, 0.15) is 5.76 Å². The minimum Gasteiger partial charge on any atom is -0.490 e. The van der Waals surface area contributed by atoms with Gasteiger partial charge in [0.25, 0.3) is 0 Å². The first-order valence-electron chi connectivity index (χ1n) is 8.15. The van der Waals surface area contributed by atoms with Gasteiger partial charge in [-0.3, -0.25) is 4.79 Å². The molecule has 0 radical (unpaired) electrons. The van der Waals surface area contributed by atoms with E-state index in [0.717, 1.165) is 12.8 Å². The fourth-order valence-electron chi connectivity index (χ4n) is 1.97. The number of rotatable bonds is 9. The van der Waals surface area contributed by atoms with E-state index >= 15 is 0 Å². The van der Waals surface area contributed by atoms with Crippen molar-refractivity contribution >= 4 is 17.7 Å². The Morgan fingerprint density at radius 3 is 2.54 bits per heavy atom. The van der Waals surface area contributed by atoms with E-state index in [2.05, 4.69) is 5.32 Å². The lowest BCUT2D eigenvalue weighted by atomic mass is 10.2. The predicted octanol–water partition coefficient (Wildman–Crippen LogP) is 4.51. The lowest BCUT2D eigenvalue weighted by Crippen LogP contribution is -2.08. The largest absolute Gasteiger partial charge is 0.490 e. The Morgan fingerprint density at radius 1 is 1.12 bits per heavy atom. The number of anilines is 1. The molecule has 0 aliphatic heterocycles. The minimum absolute atomic E-state index is 0.241. The molecule has 0 saturated carbocycles. The van der Waals surface area contributed by atoms with Crippen molar-refractivity contribution in [2.45, 2.75) is 26.7 Å². The van der Waals surface area contributed by atoms with Crippen LogP contribution in [0.3, 0.4) is 0 Å². The van der Waals surface area contributed by atoms with Crippen molar-refractivity contribution in [1.29, 1.82) is 0 Å². The van der Waals surface area contributed by atoms with Crippen molar-refractivity contribution in [2.24, 2.45) is 0 Å². The smallest absolute Gasteiger partial charge is 0.248 e. The molecule has 1 aromatic heterocycles. The summed E-state index contributed by atoms with van der Waals surface area (Å²) in [6, 6.07) is 8.93. The molecular formula is C19H23NO4. The fraction of sp³-hybridized carbons (Fsp3) is 0.316. The van der Waals surface area contributed by atoms with E-state index in [4.69, 9.17) is 13.9 Å².